The summed E-state index contributed by atoms with van der Waals surface area (Å²) in [6, 6.07) is 4.92. The van der Waals surface area contributed by atoms with Gasteiger partial charge in [0.2, 0.25) is 0 Å². The second-order valence-corrected chi connectivity index (χ2v) is 5.21. The highest BCUT2D eigenvalue weighted by atomic mass is 32.1. The topological polar surface area (TPSA) is 21.3 Å². The molecule has 0 atom stereocenters. The normalized spacial score (nSPS) is 25.9. The molecular formula is C11H17NOS. The van der Waals surface area contributed by atoms with Crippen molar-refractivity contribution >= 4 is 11.3 Å². The molecule has 1 N–H and O–H groups in total. The quantitative estimate of drug-likeness (QED) is 0.826. The fraction of sp³-hybridized carbons (Fsp3) is 0.636. The molecule has 0 spiro atoms. The molecule has 2 rings (SSSR count). The highest BCUT2D eigenvalue weighted by Crippen LogP contribution is 2.28. The highest BCUT2D eigenvalue weighted by molar-refractivity contribution is 7.13. The van der Waals surface area contributed by atoms with Crippen LogP contribution in [0.2, 0.25) is 0 Å². The van der Waals surface area contributed by atoms with Crippen molar-refractivity contribution in [1.82, 2.24) is 5.32 Å². The minimum Gasteiger partial charge on any atom is -0.487 e. The number of ether oxygens (including phenoxy) is 1. The Labute approximate surface area is 89.3 Å². The summed E-state index contributed by atoms with van der Waals surface area (Å²) in [5, 5.41) is 4.56. The summed E-state index contributed by atoms with van der Waals surface area (Å²) in [7, 11) is 1.72. The van der Waals surface area contributed by atoms with E-state index >= 15 is 0 Å². The van der Waals surface area contributed by atoms with Gasteiger partial charge < -0.3 is 10.1 Å². The molecule has 3 heteroatoms. The number of rotatable bonds is 4. The molecule has 1 aromatic heterocycles. The van der Waals surface area contributed by atoms with E-state index in [9.17, 15) is 0 Å². The lowest BCUT2D eigenvalue weighted by Gasteiger charge is -2.33. The predicted octanol–water partition coefficient (Wildman–Crippen LogP) is 2.64. The Morgan fingerprint density at radius 1 is 1.50 bits per heavy atom. The van der Waals surface area contributed by atoms with Gasteiger partial charge in [-0.25, -0.2) is 0 Å². The number of thiophene rings is 1. The zero-order chi connectivity index (χ0) is 9.97. The Morgan fingerprint density at radius 3 is 2.86 bits per heavy atom. The fourth-order valence-corrected chi connectivity index (χ4v) is 2.65. The number of hydrogen-bond donors (Lipinski definition) is 1. The van der Waals surface area contributed by atoms with Crippen molar-refractivity contribution in [2.45, 2.75) is 32.4 Å². The molecule has 1 fully saturated rings. The average molecular weight is 211 g/mol. The maximum Gasteiger partial charge on any atom is 0.173 e. The van der Waals surface area contributed by atoms with E-state index in [0.29, 0.717) is 0 Å². The summed E-state index contributed by atoms with van der Waals surface area (Å²) in [5.74, 6) is 0.922. The van der Waals surface area contributed by atoms with Crippen LogP contribution in [0.4, 0.5) is 0 Å². The lowest BCUT2D eigenvalue weighted by atomic mass is 9.82. The summed E-state index contributed by atoms with van der Waals surface area (Å²) in [6.07, 6.45) is 2.67. The summed E-state index contributed by atoms with van der Waals surface area (Å²) < 4.78 is 5.15. The van der Waals surface area contributed by atoms with E-state index in [0.717, 1.165) is 23.6 Å². The average Bonchev–Trinajstić information content (AvgIpc) is 2.58. The van der Waals surface area contributed by atoms with Gasteiger partial charge in [0, 0.05) is 17.5 Å². The highest BCUT2D eigenvalue weighted by Gasteiger charge is 2.24. The largest absolute Gasteiger partial charge is 0.487 e. The van der Waals surface area contributed by atoms with Gasteiger partial charge in [0.15, 0.2) is 5.06 Å². The molecule has 0 aliphatic heterocycles. The fourth-order valence-electron chi connectivity index (χ4n) is 1.88. The van der Waals surface area contributed by atoms with Crippen LogP contribution in [0.1, 0.15) is 24.6 Å². The van der Waals surface area contributed by atoms with Gasteiger partial charge >= 0.3 is 0 Å². The molecule has 1 saturated carbocycles. The third-order valence-electron chi connectivity index (χ3n) is 2.78. The van der Waals surface area contributed by atoms with Gasteiger partial charge in [-0.15, -0.1) is 11.3 Å². The van der Waals surface area contributed by atoms with Crippen LogP contribution in [0.3, 0.4) is 0 Å². The van der Waals surface area contributed by atoms with Crippen LogP contribution in [0.25, 0.3) is 0 Å². The van der Waals surface area contributed by atoms with Crippen molar-refractivity contribution in [3.05, 3.63) is 17.0 Å². The zero-order valence-corrected chi connectivity index (χ0v) is 9.56. The standard InChI is InChI=1S/C11H17NOS/c1-8-5-9(6-8)12-7-10-3-4-11(13-2)14-10/h3-4,8-9,12H,5-7H2,1-2H3. The van der Waals surface area contributed by atoms with Gasteiger partial charge in [0.1, 0.15) is 0 Å². The minimum absolute atomic E-state index is 0.748. The van der Waals surface area contributed by atoms with Crippen LogP contribution in [-0.4, -0.2) is 13.2 Å². The van der Waals surface area contributed by atoms with E-state index in [2.05, 4.69) is 18.3 Å². The van der Waals surface area contributed by atoms with Gasteiger partial charge in [-0.3, -0.25) is 0 Å². The number of nitrogens with one attached hydrogen (secondary N) is 1. The molecule has 0 saturated heterocycles. The van der Waals surface area contributed by atoms with E-state index in [1.165, 1.54) is 17.7 Å². The van der Waals surface area contributed by atoms with Crippen LogP contribution in [0, 0.1) is 5.92 Å². The number of methoxy groups -OCH3 is 1. The van der Waals surface area contributed by atoms with E-state index in [1.807, 2.05) is 6.07 Å². The van der Waals surface area contributed by atoms with E-state index in [1.54, 1.807) is 18.4 Å². The molecule has 1 aliphatic rings. The Kier molecular flexibility index (Phi) is 3.08. The Hall–Kier alpha value is -0.540. The molecule has 1 heterocycles. The second kappa shape index (κ2) is 4.32. The molecule has 0 bridgehead atoms. The molecule has 78 valence electrons. The molecule has 1 aliphatic carbocycles. The first-order valence-corrected chi connectivity index (χ1v) is 5.95. The molecule has 0 aromatic carbocycles. The van der Waals surface area contributed by atoms with Crippen LogP contribution < -0.4 is 10.1 Å². The number of hydrogen-bond acceptors (Lipinski definition) is 3. The Bertz CT molecular complexity index is 291. The minimum atomic E-state index is 0.748. The van der Waals surface area contributed by atoms with Crippen LogP contribution in [-0.2, 0) is 6.54 Å². The maximum absolute atomic E-state index is 5.15. The molecule has 1 aromatic rings. The van der Waals surface area contributed by atoms with Gasteiger partial charge in [-0.2, -0.15) is 0 Å². The van der Waals surface area contributed by atoms with Gasteiger partial charge in [-0.1, -0.05) is 6.92 Å². The van der Waals surface area contributed by atoms with Crippen LogP contribution in [0.15, 0.2) is 12.1 Å². The monoisotopic (exact) mass is 211 g/mol. The zero-order valence-electron chi connectivity index (χ0n) is 8.75. The molecule has 2 nitrogen and oxygen atoms in total. The lowest BCUT2D eigenvalue weighted by Crippen LogP contribution is -2.39. The molecule has 0 radical (unpaired) electrons. The first kappa shape index (κ1) is 9.99. The summed E-state index contributed by atoms with van der Waals surface area (Å²) in [5.41, 5.74) is 0. The smallest absolute Gasteiger partial charge is 0.173 e. The molecule has 0 unspecified atom stereocenters. The van der Waals surface area contributed by atoms with Crippen molar-refractivity contribution in [3.8, 4) is 5.06 Å². The SMILES string of the molecule is COc1ccc(CNC2CC(C)C2)s1. The van der Waals surface area contributed by atoms with Crippen molar-refractivity contribution in [2.75, 3.05) is 7.11 Å². The van der Waals surface area contributed by atoms with Crippen LogP contribution >= 0.6 is 11.3 Å². The van der Waals surface area contributed by atoms with Crippen molar-refractivity contribution in [2.24, 2.45) is 5.92 Å². The van der Waals surface area contributed by atoms with Crippen molar-refractivity contribution in [1.29, 1.82) is 0 Å². The maximum atomic E-state index is 5.15. The lowest BCUT2D eigenvalue weighted by molar-refractivity contribution is 0.241. The van der Waals surface area contributed by atoms with Crippen molar-refractivity contribution in [3.63, 3.8) is 0 Å². The molecular weight excluding hydrogens is 194 g/mol. The van der Waals surface area contributed by atoms with E-state index in [-0.39, 0.29) is 0 Å². The summed E-state index contributed by atoms with van der Waals surface area (Å²) in [6.45, 7) is 3.30. The third kappa shape index (κ3) is 2.28. The Morgan fingerprint density at radius 2 is 2.29 bits per heavy atom. The second-order valence-electron chi connectivity index (χ2n) is 4.08. The van der Waals surface area contributed by atoms with Gasteiger partial charge in [0.25, 0.3) is 0 Å². The summed E-state index contributed by atoms with van der Waals surface area (Å²) >= 11 is 1.73. The summed E-state index contributed by atoms with van der Waals surface area (Å²) in [4.78, 5) is 1.36. The third-order valence-corrected chi connectivity index (χ3v) is 3.82. The van der Waals surface area contributed by atoms with Crippen molar-refractivity contribution < 1.29 is 4.74 Å². The predicted molar refractivity (Wildman–Crippen MR) is 59.9 cm³/mol. The van der Waals surface area contributed by atoms with Gasteiger partial charge in [0.05, 0.1) is 7.11 Å². The first-order chi connectivity index (χ1) is 6.78. The Balaban J connectivity index is 1.75. The molecule has 0 amide bonds. The van der Waals surface area contributed by atoms with Crippen LogP contribution in [0.5, 0.6) is 5.06 Å². The van der Waals surface area contributed by atoms with E-state index < -0.39 is 0 Å². The van der Waals surface area contributed by atoms with Gasteiger partial charge in [-0.05, 0) is 30.9 Å². The first-order valence-electron chi connectivity index (χ1n) is 5.14. The van der Waals surface area contributed by atoms with E-state index in [4.69, 9.17) is 4.74 Å². The molecule has 14 heavy (non-hydrogen) atoms.